The van der Waals surface area contributed by atoms with Gasteiger partial charge in [-0.2, -0.15) is 0 Å². The zero-order chi connectivity index (χ0) is 19.8. The van der Waals surface area contributed by atoms with Crippen LogP contribution < -0.4 is 11.1 Å². The number of amides is 1. The Labute approximate surface area is 161 Å². The molecule has 0 spiro atoms. The Morgan fingerprint density at radius 3 is 2.59 bits per heavy atom. The van der Waals surface area contributed by atoms with Gasteiger partial charge in [0.25, 0.3) is 5.91 Å². The standard InChI is InChI=1S/C22H28N4O/c1-15-13-21(23)26-17(3)20(15)14-25-22(27)19(16(2)24-4)12-8-11-18-9-6-5-7-10-18/h5-7,9-10,12-13H,8,11,14H2,1-4H3,(H2,23,26)(H,25,27)/b19-12+,24-16?. The second kappa shape index (κ2) is 9.67. The largest absolute Gasteiger partial charge is 0.384 e. The molecule has 142 valence electrons. The minimum atomic E-state index is -0.123. The molecule has 5 heteroatoms. The third-order valence-corrected chi connectivity index (χ3v) is 4.59. The smallest absolute Gasteiger partial charge is 0.253 e. The molecule has 5 nitrogen and oxygen atoms in total. The number of carbonyl (C=O) groups excluding carboxylic acids is 1. The number of aliphatic imine (C=N–C) groups is 1. The molecular weight excluding hydrogens is 336 g/mol. The topological polar surface area (TPSA) is 80.4 Å². The molecule has 0 aliphatic rings. The lowest BCUT2D eigenvalue weighted by Crippen LogP contribution is -2.28. The number of hydrogen-bond donors (Lipinski definition) is 2. The van der Waals surface area contributed by atoms with Gasteiger partial charge >= 0.3 is 0 Å². The molecule has 0 atom stereocenters. The molecule has 1 aromatic carbocycles. The zero-order valence-corrected chi connectivity index (χ0v) is 16.5. The van der Waals surface area contributed by atoms with Crippen LogP contribution in [-0.4, -0.2) is 23.7 Å². The van der Waals surface area contributed by atoms with Gasteiger partial charge in [-0.25, -0.2) is 4.98 Å². The van der Waals surface area contributed by atoms with Crippen LogP contribution >= 0.6 is 0 Å². The molecule has 0 saturated carbocycles. The van der Waals surface area contributed by atoms with E-state index in [0.717, 1.165) is 35.4 Å². The first-order chi connectivity index (χ1) is 12.9. The average molecular weight is 364 g/mol. The summed E-state index contributed by atoms with van der Waals surface area (Å²) in [7, 11) is 1.70. The number of benzene rings is 1. The highest BCUT2D eigenvalue weighted by Crippen LogP contribution is 2.15. The number of aromatic nitrogens is 1. The highest BCUT2D eigenvalue weighted by Gasteiger charge is 2.13. The molecule has 0 aliphatic carbocycles. The van der Waals surface area contributed by atoms with Gasteiger partial charge in [0.1, 0.15) is 5.82 Å². The fourth-order valence-electron chi connectivity index (χ4n) is 2.97. The second-order valence-electron chi connectivity index (χ2n) is 6.56. The Balaban J connectivity index is 2.08. The molecule has 1 heterocycles. The highest BCUT2D eigenvalue weighted by molar-refractivity contribution is 6.20. The molecule has 2 rings (SSSR count). The lowest BCUT2D eigenvalue weighted by atomic mass is 10.0. The molecule has 0 unspecified atom stereocenters. The molecule has 2 aromatic rings. The normalized spacial score (nSPS) is 12.1. The van der Waals surface area contributed by atoms with Crippen LogP contribution in [0.3, 0.4) is 0 Å². The van der Waals surface area contributed by atoms with Crippen LogP contribution in [0, 0.1) is 13.8 Å². The Kier molecular flexibility index (Phi) is 7.29. The van der Waals surface area contributed by atoms with Crippen molar-refractivity contribution >= 4 is 17.4 Å². The van der Waals surface area contributed by atoms with E-state index in [2.05, 4.69) is 27.4 Å². The number of hydrogen-bond acceptors (Lipinski definition) is 4. The summed E-state index contributed by atoms with van der Waals surface area (Å²) < 4.78 is 0. The van der Waals surface area contributed by atoms with Gasteiger partial charge < -0.3 is 11.1 Å². The molecule has 0 bridgehead atoms. The maximum atomic E-state index is 12.7. The van der Waals surface area contributed by atoms with Gasteiger partial charge in [-0.3, -0.25) is 9.79 Å². The summed E-state index contributed by atoms with van der Waals surface area (Å²) >= 11 is 0. The van der Waals surface area contributed by atoms with Crippen molar-refractivity contribution < 1.29 is 4.79 Å². The minimum Gasteiger partial charge on any atom is -0.384 e. The van der Waals surface area contributed by atoms with Crippen LogP contribution in [0.15, 0.2) is 53.0 Å². The van der Waals surface area contributed by atoms with Gasteiger partial charge in [-0.05, 0) is 56.4 Å². The lowest BCUT2D eigenvalue weighted by Gasteiger charge is -2.13. The first-order valence-corrected chi connectivity index (χ1v) is 9.11. The van der Waals surface area contributed by atoms with Crippen molar-refractivity contribution in [1.29, 1.82) is 0 Å². The maximum absolute atomic E-state index is 12.7. The number of nitrogens with one attached hydrogen (secondary N) is 1. The highest BCUT2D eigenvalue weighted by atomic mass is 16.1. The summed E-state index contributed by atoms with van der Waals surface area (Å²) in [6.07, 6.45) is 3.63. The summed E-state index contributed by atoms with van der Waals surface area (Å²) in [6.45, 7) is 6.15. The second-order valence-corrected chi connectivity index (χ2v) is 6.56. The van der Waals surface area contributed by atoms with Gasteiger partial charge in [-0.15, -0.1) is 0 Å². The molecule has 27 heavy (non-hydrogen) atoms. The third kappa shape index (κ3) is 5.78. The van der Waals surface area contributed by atoms with Gasteiger partial charge in [0.15, 0.2) is 0 Å². The zero-order valence-electron chi connectivity index (χ0n) is 16.5. The lowest BCUT2D eigenvalue weighted by molar-refractivity contribution is -0.117. The summed E-state index contributed by atoms with van der Waals surface area (Å²) in [5.41, 5.74) is 11.2. The number of aryl methyl sites for hydroxylation is 3. The van der Waals surface area contributed by atoms with E-state index in [-0.39, 0.29) is 5.91 Å². The van der Waals surface area contributed by atoms with E-state index in [9.17, 15) is 4.79 Å². The SMILES string of the molecule is CN=C(C)/C(=C\CCc1ccccc1)C(=O)NCc1c(C)cc(N)nc1C. The fourth-order valence-corrected chi connectivity index (χ4v) is 2.97. The number of rotatable bonds is 7. The first-order valence-electron chi connectivity index (χ1n) is 9.11. The van der Waals surface area contributed by atoms with E-state index < -0.39 is 0 Å². The Morgan fingerprint density at radius 1 is 1.26 bits per heavy atom. The van der Waals surface area contributed by atoms with Crippen LogP contribution in [-0.2, 0) is 17.8 Å². The predicted molar refractivity (Wildman–Crippen MR) is 112 cm³/mol. The minimum absolute atomic E-state index is 0.123. The molecule has 0 saturated heterocycles. The Bertz CT molecular complexity index is 831. The van der Waals surface area contributed by atoms with E-state index >= 15 is 0 Å². The number of carbonyl (C=O) groups is 1. The summed E-state index contributed by atoms with van der Waals surface area (Å²) in [5.74, 6) is 0.373. The number of nitrogen functional groups attached to an aromatic ring is 1. The molecule has 0 fully saturated rings. The van der Waals surface area contributed by atoms with Gasteiger partial charge in [-0.1, -0.05) is 36.4 Å². The van der Waals surface area contributed by atoms with Crippen molar-refractivity contribution in [3.8, 4) is 0 Å². The Morgan fingerprint density at radius 2 is 1.96 bits per heavy atom. The van der Waals surface area contributed by atoms with E-state index in [0.29, 0.717) is 17.9 Å². The van der Waals surface area contributed by atoms with Crippen LogP contribution in [0.2, 0.25) is 0 Å². The molecule has 0 aliphatic heterocycles. The number of allylic oxidation sites excluding steroid dienone is 1. The first kappa shape index (κ1) is 20.4. The fraction of sp³-hybridized carbons (Fsp3) is 0.318. The van der Waals surface area contributed by atoms with Crippen molar-refractivity contribution in [3.63, 3.8) is 0 Å². The van der Waals surface area contributed by atoms with E-state index in [4.69, 9.17) is 5.73 Å². The number of pyridine rings is 1. The number of nitrogens with two attached hydrogens (primary N) is 1. The third-order valence-electron chi connectivity index (χ3n) is 4.59. The monoisotopic (exact) mass is 364 g/mol. The molecule has 1 amide bonds. The maximum Gasteiger partial charge on any atom is 0.253 e. The molecule has 3 N–H and O–H groups in total. The van der Waals surface area contributed by atoms with Crippen LogP contribution in [0.25, 0.3) is 0 Å². The quantitative estimate of drug-likeness (QED) is 0.582. The summed E-state index contributed by atoms with van der Waals surface area (Å²) in [4.78, 5) is 21.2. The molecular formula is C22H28N4O. The molecule has 0 radical (unpaired) electrons. The van der Waals surface area contributed by atoms with Crippen LogP contribution in [0.4, 0.5) is 5.82 Å². The van der Waals surface area contributed by atoms with Crippen LogP contribution in [0.1, 0.15) is 35.7 Å². The van der Waals surface area contributed by atoms with Crippen molar-refractivity contribution in [2.24, 2.45) is 4.99 Å². The predicted octanol–water partition coefficient (Wildman–Crippen LogP) is 3.55. The number of anilines is 1. The summed E-state index contributed by atoms with van der Waals surface area (Å²) in [6, 6.07) is 12.1. The van der Waals surface area contributed by atoms with Crippen molar-refractivity contribution in [2.75, 3.05) is 12.8 Å². The van der Waals surface area contributed by atoms with E-state index in [1.165, 1.54) is 5.56 Å². The van der Waals surface area contributed by atoms with Gasteiger partial charge in [0.2, 0.25) is 0 Å². The molecule has 1 aromatic heterocycles. The summed E-state index contributed by atoms with van der Waals surface area (Å²) in [5, 5.41) is 3.00. The van der Waals surface area contributed by atoms with E-state index in [1.807, 2.05) is 51.1 Å². The Hall–Kier alpha value is -2.95. The number of nitrogens with zero attached hydrogens (tertiary/aromatic N) is 2. The van der Waals surface area contributed by atoms with Gasteiger partial charge in [0.05, 0.1) is 5.57 Å². The van der Waals surface area contributed by atoms with Gasteiger partial charge in [0, 0.05) is 25.0 Å². The van der Waals surface area contributed by atoms with Crippen LogP contribution in [0.5, 0.6) is 0 Å². The average Bonchev–Trinajstić information content (AvgIpc) is 2.64. The van der Waals surface area contributed by atoms with Crippen molar-refractivity contribution in [2.45, 2.75) is 40.2 Å². The van der Waals surface area contributed by atoms with Crippen molar-refractivity contribution in [3.05, 3.63) is 70.4 Å². The van der Waals surface area contributed by atoms with Crippen molar-refractivity contribution in [1.82, 2.24) is 10.3 Å². The van der Waals surface area contributed by atoms with E-state index in [1.54, 1.807) is 7.05 Å².